The first-order chi connectivity index (χ1) is 9.26. The fourth-order valence-electron chi connectivity index (χ4n) is 2.23. The maximum Gasteiger partial charge on any atom is 0.160 e. The lowest BCUT2D eigenvalue weighted by Gasteiger charge is -2.29. The van der Waals surface area contributed by atoms with E-state index in [0.29, 0.717) is 0 Å². The van der Waals surface area contributed by atoms with Crippen LogP contribution in [-0.2, 0) is 16.9 Å². The Balaban J connectivity index is 3.07. The maximum atomic E-state index is 5.73. The Morgan fingerprint density at radius 1 is 1.15 bits per heavy atom. The van der Waals surface area contributed by atoms with Gasteiger partial charge in [0.1, 0.15) is 5.60 Å². The molecular weight excluding hydrogens is 250 g/mol. The Labute approximate surface area is 123 Å². The summed E-state index contributed by atoms with van der Waals surface area (Å²) in [5.41, 5.74) is 1.71. The van der Waals surface area contributed by atoms with Crippen molar-refractivity contribution in [1.29, 1.82) is 0 Å². The highest BCUT2D eigenvalue weighted by molar-refractivity contribution is 5.14. The molecule has 0 bridgehead atoms. The van der Waals surface area contributed by atoms with Crippen LogP contribution in [0.2, 0.25) is 0 Å². The predicted molar refractivity (Wildman–Crippen MR) is 82.6 cm³/mol. The number of aryl methyl sites for hydroxylation is 1. The Bertz CT molecular complexity index is 426. The Hall–Kier alpha value is -1.00. The summed E-state index contributed by atoms with van der Waals surface area (Å²) >= 11 is 0. The molecule has 1 rings (SSSR count). The maximum absolute atomic E-state index is 5.73. The molecule has 0 radical (unpaired) electrons. The van der Waals surface area contributed by atoms with Gasteiger partial charge in [-0.3, -0.25) is 0 Å². The minimum absolute atomic E-state index is 0.0763. The first-order valence-corrected chi connectivity index (χ1v) is 7.41. The zero-order valence-corrected chi connectivity index (χ0v) is 14.0. The molecule has 0 aliphatic rings. The van der Waals surface area contributed by atoms with E-state index in [0.717, 1.165) is 36.6 Å². The van der Waals surface area contributed by atoms with Crippen molar-refractivity contribution in [3.8, 4) is 0 Å². The summed E-state index contributed by atoms with van der Waals surface area (Å²) in [5.74, 6) is 0.802. The summed E-state index contributed by atoms with van der Waals surface area (Å²) < 4.78 is 5.73. The molecule has 1 aromatic rings. The van der Waals surface area contributed by atoms with Crippen LogP contribution in [-0.4, -0.2) is 22.6 Å². The van der Waals surface area contributed by atoms with E-state index >= 15 is 0 Å². The van der Waals surface area contributed by atoms with E-state index in [-0.39, 0.29) is 11.1 Å². The predicted octanol–water partition coefficient (Wildman–Crippen LogP) is 3.33. The third-order valence-corrected chi connectivity index (χ3v) is 3.65. The summed E-state index contributed by atoms with van der Waals surface area (Å²) in [6, 6.07) is 2.04. The first-order valence-electron chi connectivity index (χ1n) is 7.41. The molecule has 4 nitrogen and oxygen atoms in total. The average Bonchev–Trinajstić information content (AvgIpc) is 2.38. The van der Waals surface area contributed by atoms with E-state index in [1.807, 2.05) is 13.0 Å². The summed E-state index contributed by atoms with van der Waals surface area (Å²) in [7, 11) is 1.74. The Kier molecular flexibility index (Phi) is 5.66. The quantitative estimate of drug-likeness (QED) is 0.867. The smallest absolute Gasteiger partial charge is 0.160 e. The molecule has 0 atom stereocenters. The molecule has 0 spiro atoms. The Morgan fingerprint density at radius 2 is 1.75 bits per heavy atom. The van der Waals surface area contributed by atoms with Gasteiger partial charge in [0.15, 0.2) is 5.82 Å². The highest BCUT2D eigenvalue weighted by Crippen LogP contribution is 2.30. The van der Waals surface area contributed by atoms with E-state index in [9.17, 15) is 0 Å². The van der Waals surface area contributed by atoms with Gasteiger partial charge in [-0.1, -0.05) is 13.8 Å². The number of hydrogen-bond acceptors (Lipinski definition) is 4. The SMILES string of the molecule is CCC(CC)(OC)c1nc(C)cc(CNC(C)(C)C)n1. The fourth-order valence-corrected chi connectivity index (χ4v) is 2.23. The standard InChI is InChI=1S/C16H29N3O/c1-8-16(9-2,20-7)14-18-12(3)10-13(19-14)11-17-15(4,5)6/h10,17H,8-9,11H2,1-7H3. The van der Waals surface area contributed by atoms with Crippen LogP contribution < -0.4 is 5.32 Å². The van der Waals surface area contributed by atoms with Gasteiger partial charge in [-0.05, 0) is 46.6 Å². The molecule has 0 aliphatic heterocycles. The molecule has 0 fully saturated rings. The van der Waals surface area contributed by atoms with Crippen molar-refractivity contribution in [3.05, 3.63) is 23.3 Å². The van der Waals surface area contributed by atoms with Crippen molar-refractivity contribution >= 4 is 0 Å². The van der Waals surface area contributed by atoms with Crippen molar-refractivity contribution < 1.29 is 4.74 Å². The van der Waals surface area contributed by atoms with Crippen LogP contribution in [0.15, 0.2) is 6.07 Å². The second kappa shape index (κ2) is 6.64. The molecular formula is C16H29N3O. The zero-order chi connectivity index (χ0) is 15.4. The monoisotopic (exact) mass is 279 g/mol. The number of methoxy groups -OCH3 is 1. The van der Waals surface area contributed by atoms with Gasteiger partial charge in [-0.2, -0.15) is 0 Å². The Morgan fingerprint density at radius 3 is 2.20 bits per heavy atom. The average molecular weight is 279 g/mol. The normalized spacial score (nSPS) is 12.8. The van der Waals surface area contributed by atoms with Crippen LogP contribution in [0.3, 0.4) is 0 Å². The lowest BCUT2D eigenvalue weighted by atomic mass is 9.95. The van der Waals surface area contributed by atoms with Gasteiger partial charge < -0.3 is 10.1 Å². The van der Waals surface area contributed by atoms with Gasteiger partial charge in [-0.15, -0.1) is 0 Å². The van der Waals surface area contributed by atoms with Crippen molar-refractivity contribution in [2.24, 2.45) is 0 Å². The molecule has 1 aromatic heterocycles. The lowest BCUT2D eigenvalue weighted by Crippen LogP contribution is -2.36. The van der Waals surface area contributed by atoms with Crippen LogP contribution >= 0.6 is 0 Å². The molecule has 0 unspecified atom stereocenters. The van der Waals surface area contributed by atoms with Crippen LogP contribution in [0.25, 0.3) is 0 Å². The second-order valence-corrected chi connectivity index (χ2v) is 6.33. The van der Waals surface area contributed by atoms with Gasteiger partial charge in [0, 0.05) is 24.9 Å². The van der Waals surface area contributed by atoms with Crippen LogP contribution in [0.1, 0.15) is 64.7 Å². The summed E-state index contributed by atoms with van der Waals surface area (Å²) in [6.07, 6.45) is 1.74. The van der Waals surface area contributed by atoms with E-state index < -0.39 is 0 Å². The number of ether oxygens (including phenoxy) is 1. The lowest BCUT2D eigenvalue weighted by molar-refractivity contribution is -0.0294. The number of hydrogen-bond donors (Lipinski definition) is 1. The first kappa shape index (κ1) is 17.1. The van der Waals surface area contributed by atoms with Gasteiger partial charge in [-0.25, -0.2) is 9.97 Å². The third kappa shape index (κ3) is 4.25. The molecule has 0 saturated heterocycles. The molecule has 0 saturated carbocycles. The van der Waals surface area contributed by atoms with Crippen LogP contribution in [0.4, 0.5) is 0 Å². The van der Waals surface area contributed by atoms with Gasteiger partial charge in [0.05, 0.1) is 5.69 Å². The van der Waals surface area contributed by atoms with Crippen molar-refractivity contribution in [2.75, 3.05) is 7.11 Å². The number of nitrogens with zero attached hydrogens (tertiary/aromatic N) is 2. The summed E-state index contributed by atoms with van der Waals surface area (Å²) in [6.45, 7) is 13.4. The highest BCUT2D eigenvalue weighted by atomic mass is 16.5. The van der Waals surface area contributed by atoms with Crippen LogP contribution in [0, 0.1) is 6.92 Å². The summed E-state index contributed by atoms with van der Waals surface area (Å²) in [4.78, 5) is 9.32. The van der Waals surface area contributed by atoms with Gasteiger partial charge in [0.25, 0.3) is 0 Å². The molecule has 0 aromatic carbocycles. The zero-order valence-electron chi connectivity index (χ0n) is 14.0. The molecule has 1 heterocycles. The van der Waals surface area contributed by atoms with Crippen LogP contribution in [0.5, 0.6) is 0 Å². The number of aromatic nitrogens is 2. The van der Waals surface area contributed by atoms with Crippen molar-refractivity contribution in [2.45, 2.75) is 72.1 Å². The second-order valence-electron chi connectivity index (χ2n) is 6.33. The van der Waals surface area contributed by atoms with Gasteiger partial charge in [0.2, 0.25) is 0 Å². The fraction of sp³-hybridized carbons (Fsp3) is 0.750. The van der Waals surface area contributed by atoms with E-state index in [4.69, 9.17) is 9.72 Å². The molecule has 20 heavy (non-hydrogen) atoms. The third-order valence-electron chi connectivity index (χ3n) is 3.65. The number of nitrogens with one attached hydrogen (secondary N) is 1. The number of rotatable bonds is 6. The minimum Gasteiger partial charge on any atom is -0.370 e. The van der Waals surface area contributed by atoms with Crippen molar-refractivity contribution in [3.63, 3.8) is 0 Å². The summed E-state index contributed by atoms with van der Waals surface area (Å²) in [5, 5.41) is 3.47. The molecule has 1 N–H and O–H groups in total. The van der Waals surface area contributed by atoms with E-state index in [1.165, 1.54) is 0 Å². The highest BCUT2D eigenvalue weighted by Gasteiger charge is 2.31. The molecule has 4 heteroatoms. The minimum atomic E-state index is -0.373. The van der Waals surface area contributed by atoms with E-state index in [2.05, 4.69) is 44.9 Å². The molecule has 0 amide bonds. The molecule has 0 aliphatic carbocycles. The van der Waals surface area contributed by atoms with E-state index in [1.54, 1.807) is 7.11 Å². The van der Waals surface area contributed by atoms with Gasteiger partial charge >= 0.3 is 0 Å². The topological polar surface area (TPSA) is 47.0 Å². The molecule has 114 valence electrons. The van der Waals surface area contributed by atoms with Crippen molar-refractivity contribution in [1.82, 2.24) is 15.3 Å². The largest absolute Gasteiger partial charge is 0.370 e.